The monoisotopic (exact) mass is 510 g/mol. The zero-order chi connectivity index (χ0) is 25.7. The van der Waals surface area contributed by atoms with Crippen molar-refractivity contribution in [2.45, 2.75) is 38.6 Å². The lowest BCUT2D eigenvalue weighted by atomic mass is 10.1. The Hall–Kier alpha value is -0.890. The molecule has 0 saturated heterocycles. The summed E-state index contributed by atoms with van der Waals surface area (Å²) in [4.78, 5) is 11.7. The average Bonchev–Trinajstić information content (AvgIpc) is 2.86. The molecule has 0 aromatic carbocycles. The summed E-state index contributed by atoms with van der Waals surface area (Å²) < 4.78 is 37.5. The van der Waals surface area contributed by atoms with Crippen molar-refractivity contribution in [2.75, 3.05) is 113 Å². The summed E-state index contributed by atoms with van der Waals surface area (Å²) in [7, 11) is 1.96. The molecule has 0 fully saturated rings. The van der Waals surface area contributed by atoms with Crippen molar-refractivity contribution in [3.63, 3.8) is 0 Å². The standard InChI is InChI=1S/C24H50N2O9/c1-23(25-2)5-3-4-7-26-24(28)6-9-29-11-13-31-15-17-33-19-21-35-22-20-34-18-16-32-14-12-30-10-8-27/h23,25,27H,3-22H2,1-2H3,(H,26,28). The minimum absolute atomic E-state index is 0.0265. The number of nitrogens with one attached hydrogen (secondary N) is 2. The Labute approximate surface area is 211 Å². The Morgan fingerprint density at radius 2 is 1.06 bits per heavy atom. The second kappa shape index (κ2) is 29.3. The molecule has 0 aromatic heterocycles. The van der Waals surface area contributed by atoms with Gasteiger partial charge in [0.15, 0.2) is 0 Å². The smallest absolute Gasteiger partial charge is 0.222 e. The Kier molecular flexibility index (Phi) is 28.6. The topological polar surface area (TPSA) is 126 Å². The fourth-order valence-corrected chi connectivity index (χ4v) is 2.69. The maximum absolute atomic E-state index is 11.7. The van der Waals surface area contributed by atoms with Gasteiger partial charge in [-0.15, -0.1) is 0 Å². The number of aliphatic hydroxyl groups is 1. The van der Waals surface area contributed by atoms with Crippen LogP contribution in [0.3, 0.4) is 0 Å². The van der Waals surface area contributed by atoms with Crippen LogP contribution in [-0.4, -0.2) is 130 Å². The van der Waals surface area contributed by atoms with Gasteiger partial charge in [0.25, 0.3) is 0 Å². The molecule has 0 bridgehead atoms. The highest BCUT2D eigenvalue weighted by atomic mass is 16.6. The molecule has 0 aliphatic carbocycles. The van der Waals surface area contributed by atoms with Gasteiger partial charge in [-0.25, -0.2) is 0 Å². The van der Waals surface area contributed by atoms with Crippen LogP contribution < -0.4 is 10.6 Å². The third-order valence-electron chi connectivity index (χ3n) is 4.82. The quantitative estimate of drug-likeness (QED) is 0.122. The third-order valence-corrected chi connectivity index (χ3v) is 4.82. The molecule has 11 nitrogen and oxygen atoms in total. The number of hydrogen-bond donors (Lipinski definition) is 3. The molecule has 0 saturated carbocycles. The highest BCUT2D eigenvalue weighted by Crippen LogP contribution is 1.98. The Balaban J connectivity index is 3.12. The lowest BCUT2D eigenvalue weighted by molar-refractivity contribution is -0.122. The van der Waals surface area contributed by atoms with Crippen LogP contribution in [0, 0.1) is 0 Å². The molecule has 0 aromatic rings. The molecular weight excluding hydrogens is 460 g/mol. The van der Waals surface area contributed by atoms with E-state index in [4.69, 9.17) is 38.3 Å². The van der Waals surface area contributed by atoms with Crippen LogP contribution in [0.1, 0.15) is 32.6 Å². The maximum Gasteiger partial charge on any atom is 0.222 e. The largest absolute Gasteiger partial charge is 0.394 e. The molecule has 3 N–H and O–H groups in total. The number of unbranched alkanes of at least 4 members (excludes halogenated alkanes) is 1. The van der Waals surface area contributed by atoms with Crippen LogP contribution in [-0.2, 0) is 38.0 Å². The Morgan fingerprint density at radius 1 is 0.657 bits per heavy atom. The van der Waals surface area contributed by atoms with Crippen molar-refractivity contribution in [3.05, 3.63) is 0 Å². The molecule has 0 rings (SSSR count). The van der Waals surface area contributed by atoms with E-state index in [1.165, 1.54) is 0 Å². The molecule has 0 spiro atoms. The van der Waals surface area contributed by atoms with E-state index in [1.54, 1.807) is 0 Å². The van der Waals surface area contributed by atoms with Crippen LogP contribution in [0.5, 0.6) is 0 Å². The Bertz CT molecular complexity index is 434. The summed E-state index contributed by atoms with van der Waals surface area (Å²) in [5, 5.41) is 14.7. The summed E-state index contributed by atoms with van der Waals surface area (Å²) >= 11 is 0. The lowest BCUT2D eigenvalue weighted by Crippen LogP contribution is -2.26. The number of aliphatic hydroxyl groups excluding tert-OH is 1. The summed E-state index contributed by atoms with van der Waals surface area (Å²) in [5.41, 5.74) is 0. The SMILES string of the molecule is CNC(C)CCCCNC(=O)CCOCCOCCOCCOCCOCCOCCOCCO. The zero-order valence-corrected chi connectivity index (χ0v) is 21.9. The van der Waals surface area contributed by atoms with Gasteiger partial charge < -0.3 is 48.9 Å². The van der Waals surface area contributed by atoms with E-state index in [2.05, 4.69) is 17.6 Å². The van der Waals surface area contributed by atoms with Crippen molar-refractivity contribution in [1.82, 2.24) is 10.6 Å². The molecule has 0 radical (unpaired) electrons. The summed E-state index contributed by atoms with van der Waals surface area (Å²) in [5.74, 6) is 0.0283. The van der Waals surface area contributed by atoms with Crippen LogP contribution in [0.4, 0.5) is 0 Å². The van der Waals surface area contributed by atoms with Gasteiger partial charge in [-0.1, -0.05) is 6.42 Å². The molecule has 0 heterocycles. The normalized spacial score (nSPS) is 12.2. The van der Waals surface area contributed by atoms with Gasteiger partial charge in [0.2, 0.25) is 5.91 Å². The fourth-order valence-electron chi connectivity index (χ4n) is 2.69. The number of rotatable bonds is 29. The first-order valence-corrected chi connectivity index (χ1v) is 12.8. The molecule has 1 amide bonds. The van der Waals surface area contributed by atoms with Gasteiger partial charge in [-0.05, 0) is 26.8 Å². The van der Waals surface area contributed by atoms with Crippen LogP contribution in [0.25, 0.3) is 0 Å². The van der Waals surface area contributed by atoms with Gasteiger partial charge in [-0.2, -0.15) is 0 Å². The number of ether oxygens (including phenoxy) is 7. The molecule has 0 aliphatic heterocycles. The highest BCUT2D eigenvalue weighted by Gasteiger charge is 2.02. The lowest BCUT2D eigenvalue weighted by Gasteiger charge is -2.10. The molecule has 1 unspecified atom stereocenters. The summed E-state index contributed by atoms with van der Waals surface area (Å²) in [6.45, 7) is 9.54. The Morgan fingerprint density at radius 3 is 1.46 bits per heavy atom. The van der Waals surface area contributed by atoms with Gasteiger partial charge >= 0.3 is 0 Å². The van der Waals surface area contributed by atoms with Crippen LogP contribution in [0.2, 0.25) is 0 Å². The number of hydrogen-bond acceptors (Lipinski definition) is 10. The van der Waals surface area contributed by atoms with Gasteiger partial charge in [0.1, 0.15) is 0 Å². The van der Waals surface area contributed by atoms with Gasteiger partial charge in [0, 0.05) is 19.0 Å². The van der Waals surface area contributed by atoms with Crippen molar-refractivity contribution in [1.29, 1.82) is 0 Å². The second-order valence-electron chi connectivity index (χ2n) is 7.80. The minimum atomic E-state index is 0.0265. The molecule has 1 atom stereocenters. The van der Waals surface area contributed by atoms with Gasteiger partial charge in [-0.3, -0.25) is 4.79 Å². The van der Waals surface area contributed by atoms with Crippen molar-refractivity contribution in [3.8, 4) is 0 Å². The first kappa shape index (κ1) is 34.1. The predicted octanol–water partition coefficient (Wildman–Crippen LogP) is 0.379. The first-order chi connectivity index (χ1) is 17.2. The van der Waals surface area contributed by atoms with E-state index >= 15 is 0 Å². The maximum atomic E-state index is 11.7. The minimum Gasteiger partial charge on any atom is -0.394 e. The fraction of sp³-hybridized carbons (Fsp3) is 0.958. The van der Waals surface area contributed by atoms with E-state index in [0.29, 0.717) is 105 Å². The molecular formula is C24H50N2O9. The average molecular weight is 511 g/mol. The van der Waals surface area contributed by atoms with Crippen LogP contribution >= 0.6 is 0 Å². The third kappa shape index (κ3) is 29.2. The number of amides is 1. The molecule has 11 heteroatoms. The molecule has 210 valence electrons. The molecule has 0 aliphatic rings. The molecule has 35 heavy (non-hydrogen) atoms. The number of carbonyl (C=O) groups is 1. The van der Waals surface area contributed by atoms with Crippen LogP contribution in [0.15, 0.2) is 0 Å². The van der Waals surface area contributed by atoms with E-state index in [9.17, 15) is 4.79 Å². The van der Waals surface area contributed by atoms with Crippen molar-refractivity contribution in [2.24, 2.45) is 0 Å². The number of carbonyl (C=O) groups excluding carboxylic acids is 1. The highest BCUT2D eigenvalue weighted by molar-refractivity contribution is 5.75. The first-order valence-electron chi connectivity index (χ1n) is 12.8. The summed E-state index contributed by atoms with van der Waals surface area (Å²) in [6.07, 6.45) is 3.59. The van der Waals surface area contributed by atoms with E-state index in [-0.39, 0.29) is 12.5 Å². The zero-order valence-electron chi connectivity index (χ0n) is 21.9. The van der Waals surface area contributed by atoms with E-state index < -0.39 is 0 Å². The van der Waals surface area contributed by atoms with E-state index in [0.717, 1.165) is 25.8 Å². The second-order valence-corrected chi connectivity index (χ2v) is 7.80. The summed E-state index contributed by atoms with van der Waals surface area (Å²) in [6, 6.07) is 0.519. The predicted molar refractivity (Wildman–Crippen MR) is 133 cm³/mol. The van der Waals surface area contributed by atoms with Gasteiger partial charge in [0.05, 0.1) is 99.1 Å². The van der Waals surface area contributed by atoms with Crippen molar-refractivity contribution >= 4 is 5.91 Å². The van der Waals surface area contributed by atoms with Crippen molar-refractivity contribution < 1.29 is 43.1 Å². The van der Waals surface area contributed by atoms with E-state index in [1.807, 2.05) is 7.05 Å².